The predicted octanol–water partition coefficient (Wildman–Crippen LogP) is 3.40. The van der Waals surface area contributed by atoms with Gasteiger partial charge in [0.2, 0.25) is 5.91 Å². The number of nitrogens with zero attached hydrogens (tertiary/aromatic N) is 3. The highest BCUT2D eigenvalue weighted by molar-refractivity contribution is 14.0. The number of guanidine groups is 1. The number of aliphatic imine (C=N–C) groups is 1. The molecule has 0 atom stereocenters. The van der Waals surface area contributed by atoms with Crippen LogP contribution in [0.25, 0.3) is 0 Å². The molecule has 25 heavy (non-hydrogen) atoms. The number of allylic oxidation sites excluding steroid dienone is 1. The average Bonchev–Trinajstić information content (AvgIpc) is 3.02. The Morgan fingerprint density at radius 1 is 1.40 bits per heavy atom. The van der Waals surface area contributed by atoms with Crippen molar-refractivity contribution in [2.24, 2.45) is 4.99 Å². The molecular weight excluding hydrogens is 427 g/mol. The van der Waals surface area contributed by atoms with Crippen LogP contribution in [-0.2, 0) is 11.3 Å². The van der Waals surface area contributed by atoms with Gasteiger partial charge < -0.3 is 15.1 Å². The number of anilines is 1. The van der Waals surface area contributed by atoms with Crippen molar-refractivity contribution in [2.75, 3.05) is 32.1 Å². The standard InChI is InChI=1S/C19H28N4O.HI/c1-4-5-6-13-22(3)19(20-2)21-15-16-9-11-17(12-10-16)23-14-7-8-18(23)24;/h4,9-12H,1,5-8,13-15H2,2-3H3,(H,20,21);1H. The SMILES string of the molecule is C=CCCCN(C)C(=NC)NCc1ccc(N2CCCC2=O)cc1.I. The molecule has 138 valence electrons. The van der Waals surface area contributed by atoms with Gasteiger partial charge in [-0.1, -0.05) is 18.2 Å². The van der Waals surface area contributed by atoms with Crippen molar-refractivity contribution in [3.8, 4) is 0 Å². The van der Waals surface area contributed by atoms with Crippen LogP contribution in [0.15, 0.2) is 41.9 Å². The molecule has 1 amide bonds. The zero-order valence-corrected chi connectivity index (χ0v) is 17.5. The summed E-state index contributed by atoms with van der Waals surface area (Å²) >= 11 is 0. The number of carbonyl (C=O) groups is 1. The lowest BCUT2D eigenvalue weighted by Gasteiger charge is -2.22. The Hall–Kier alpha value is -1.57. The Kier molecular flexibility index (Phi) is 9.55. The Labute approximate surface area is 168 Å². The summed E-state index contributed by atoms with van der Waals surface area (Å²) in [7, 11) is 3.84. The highest BCUT2D eigenvalue weighted by Gasteiger charge is 2.21. The number of hydrogen-bond donors (Lipinski definition) is 1. The maximum Gasteiger partial charge on any atom is 0.227 e. The zero-order valence-electron chi connectivity index (χ0n) is 15.2. The summed E-state index contributed by atoms with van der Waals surface area (Å²) in [4.78, 5) is 20.1. The molecule has 1 aliphatic heterocycles. The number of carbonyl (C=O) groups excluding carboxylic acids is 1. The fraction of sp³-hybridized carbons (Fsp3) is 0.474. The van der Waals surface area contributed by atoms with Crippen LogP contribution in [0.3, 0.4) is 0 Å². The summed E-state index contributed by atoms with van der Waals surface area (Å²) in [5.74, 6) is 1.11. The Morgan fingerprint density at radius 3 is 2.68 bits per heavy atom. The van der Waals surface area contributed by atoms with Crippen LogP contribution in [0, 0.1) is 0 Å². The van der Waals surface area contributed by atoms with E-state index in [0.29, 0.717) is 13.0 Å². The molecule has 0 bridgehead atoms. The average molecular weight is 456 g/mol. The van der Waals surface area contributed by atoms with E-state index >= 15 is 0 Å². The minimum atomic E-state index is 0. The molecule has 1 saturated heterocycles. The van der Waals surface area contributed by atoms with Crippen LogP contribution >= 0.6 is 24.0 Å². The van der Waals surface area contributed by atoms with Gasteiger partial charge in [-0.25, -0.2) is 0 Å². The second-order valence-electron chi connectivity index (χ2n) is 6.07. The molecule has 1 heterocycles. The Morgan fingerprint density at radius 2 is 2.12 bits per heavy atom. The first-order valence-electron chi connectivity index (χ1n) is 8.57. The lowest BCUT2D eigenvalue weighted by Crippen LogP contribution is -2.38. The maximum atomic E-state index is 11.8. The third-order valence-corrected chi connectivity index (χ3v) is 4.25. The van der Waals surface area contributed by atoms with Crippen molar-refractivity contribution in [3.05, 3.63) is 42.5 Å². The summed E-state index contributed by atoms with van der Waals surface area (Å²) in [5, 5.41) is 3.38. The Bertz CT molecular complexity index is 586. The topological polar surface area (TPSA) is 47.9 Å². The zero-order chi connectivity index (χ0) is 17.4. The summed E-state index contributed by atoms with van der Waals surface area (Å²) in [6.45, 7) is 6.24. The van der Waals surface area contributed by atoms with Gasteiger partial charge >= 0.3 is 0 Å². The van der Waals surface area contributed by atoms with Crippen LogP contribution in [0.5, 0.6) is 0 Å². The number of rotatable bonds is 7. The van der Waals surface area contributed by atoms with E-state index in [0.717, 1.165) is 44.0 Å². The second-order valence-corrected chi connectivity index (χ2v) is 6.07. The van der Waals surface area contributed by atoms with Gasteiger partial charge in [-0.15, -0.1) is 30.6 Å². The molecule has 0 unspecified atom stereocenters. The molecular formula is C19H29IN4O. The fourth-order valence-electron chi connectivity index (χ4n) is 2.86. The lowest BCUT2D eigenvalue weighted by molar-refractivity contribution is -0.117. The molecule has 2 rings (SSSR count). The molecule has 6 heteroatoms. The van der Waals surface area contributed by atoms with E-state index in [1.165, 1.54) is 5.56 Å². The summed E-state index contributed by atoms with van der Waals surface area (Å²) < 4.78 is 0. The molecule has 0 aromatic heterocycles. The third-order valence-electron chi connectivity index (χ3n) is 4.25. The van der Waals surface area contributed by atoms with Crippen LogP contribution < -0.4 is 10.2 Å². The van der Waals surface area contributed by atoms with Crippen molar-refractivity contribution in [3.63, 3.8) is 0 Å². The van der Waals surface area contributed by atoms with Gasteiger partial charge in [0.05, 0.1) is 0 Å². The van der Waals surface area contributed by atoms with Crippen molar-refractivity contribution >= 4 is 41.5 Å². The highest BCUT2D eigenvalue weighted by atomic mass is 127. The second kappa shape index (κ2) is 11.1. The van der Waals surface area contributed by atoms with Crippen LogP contribution in [0.2, 0.25) is 0 Å². The number of nitrogens with one attached hydrogen (secondary N) is 1. The molecule has 0 saturated carbocycles. The monoisotopic (exact) mass is 456 g/mol. The van der Waals surface area contributed by atoms with Gasteiger partial charge in [-0.2, -0.15) is 0 Å². The quantitative estimate of drug-likeness (QED) is 0.225. The Balaban J connectivity index is 0.00000312. The fourth-order valence-corrected chi connectivity index (χ4v) is 2.86. The molecule has 0 aliphatic carbocycles. The highest BCUT2D eigenvalue weighted by Crippen LogP contribution is 2.21. The van der Waals surface area contributed by atoms with E-state index in [1.807, 2.05) is 30.2 Å². The van der Waals surface area contributed by atoms with E-state index in [9.17, 15) is 4.79 Å². The van der Waals surface area contributed by atoms with Crippen LogP contribution in [-0.4, -0.2) is 44.0 Å². The summed E-state index contributed by atoms with van der Waals surface area (Å²) in [6.07, 6.45) is 5.64. The molecule has 1 N–H and O–H groups in total. The maximum absolute atomic E-state index is 11.8. The van der Waals surface area contributed by atoms with Gasteiger partial charge in [0, 0.05) is 45.8 Å². The first-order chi connectivity index (χ1) is 11.7. The first kappa shape index (κ1) is 21.5. The van der Waals surface area contributed by atoms with Crippen molar-refractivity contribution in [1.82, 2.24) is 10.2 Å². The number of halogens is 1. The van der Waals surface area contributed by atoms with Crippen LogP contribution in [0.1, 0.15) is 31.2 Å². The van der Waals surface area contributed by atoms with Gasteiger partial charge in [0.1, 0.15) is 0 Å². The number of benzene rings is 1. The van der Waals surface area contributed by atoms with E-state index < -0.39 is 0 Å². The molecule has 1 aliphatic rings. The largest absolute Gasteiger partial charge is 0.352 e. The predicted molar refractivity (Wildman–Crippen MR) is 116 cm³/mol. The smallest absolute Gasteiger partial charge is 0.227 e. The first-order valence-corrected chi connectivity index (χ1v) is 8.57. The normalized spacial score (nSPS) is 14.2. The molecule has 0 spiro atoms. The van der Waals surface area contributed by atoms with Gasteiger partial charge in [-0.05, 0) is 37.0 Å². The van der Waals surface area contributed by atoms with E-state index in [2.05, 4.69) is 33.9 Å². The van der Waals surface area contributed by atoms with Gasteiger partial charge in [0.15, 0.2) is 5.96 Å². The molecule has 1 fully saturated rings. The van der Waals surface area contributed by atoms with E-state index in [-0.39, 0.29) is 29.9 Å². The molecule has 1 aromatic carbocycles. The van der Waals surface area contributed by atoms with E-state index in [4.69, 9.17) is 0 Å². The van der Waals surface area contributed by atoms with E-state index in [1.54, 1.807) is 7.05 Å². The minimum absolute atomic E-state index is 0. The molecule has 1 aromatic rings. The van der Waals surface area contributed by atoms with Crippen molar-refractivity contribution in [1.29, 1.82) is 0 Å². The van der Waals surface area contributed by atoms with Crippen molar-refractivity contribution in [2.45, 2.75) is 32.2 Å². The van der Waals surface area contributed by atoms with Crippen LogP contribution in [0.4, 0.5) is 5.69 Å². The summed E-state index contributed by atoms with van der Waals surface area (Å²) in [5.41, 5.74) is 2.17. The number of unbranched alkanes of at least 4 members (excludes halogenated alkanes) is 1. The lowest BCUT2D eigenvalue weighted by atomic mass is 10.2. The number of hydrogen-bond acceptors (Lipinski definition) is 2. The molecule has 0 radical (unpaired) electrons. The number of amides is 1. The summed E-state index contributed by atoms with van der Waals surface area (Å²) in [6, 6.07) is 8.19. The van der Waals surface area contributed by atoms with Gasteiger partial charge in [0.25, 0.3) is 0 Å². The van der Waals surface area contributed by atoms with Crippen molar-refractivity contribution < 1.29 is 4.79 Å². The third kappa shape index (κ3) is 6.34. The van der Waals surface area contributed by atoms with Gasteiger partial charge in [-0.3, -0.25) is 9.79 Å². The minimum Gasteiger partial charge on any atom is -0.352 e. The molecule has 5 nitrogen and oxygen atoms in total.